The second-order valence-electron chi connectivity index (χ2n) is 5.21. The normalized spacial score (nSPS) is 10.3. The number of aryl methyl sites for hydroxylation is 1. The zero-order valence-electron chi connectivity index (χ0n) is 13.6. The van der Waals surface area contributed by atoms with Gasteiger partial charge < -0.3 is 15.8 Å². The highest BCUT2D eigenvalue weighted by atomic mass is 32.2. The number of ether oxygens (including phenoxy) is 1. The lowest BCUT2D eigenvalue weighted by Gasteiger charge is -2.06. The molecule has 1 aromatic heterocycles. The molecule has 0 aliphatic carbocycles. The first kappa shape index (κ1) is 19.0. The first-order valence-corrected chi connectivity index (χ1v) is 9.45. The highest BCUT2D eigenvalue weighted by Gasteiger charge is 2.14. The number of primary amides is 1. The monoisotopic (exact) mass is 378 g/mol. The Morgan fingerprint density at radius 1 is 1.20 bits per heavy atom. The molecule has 0 atom stereocenters. The van der Waals surface area contributed by atoms with Crippen LogP contribution in [0.2, 0.25) is 0 Å². The van der Waals surface area contributed by atoms with Crippen molar-refractivity contribution in [1.29, 1.82) is 0 Å². The van der Waals surface area contributed by atoms with E-state index in [9.17, 15) is 14.4 Å². The van der Waals surface area contributed by atoms with Crippen LogP contribution >= 0.6 is 23.1 Å². The van der Waals surface area contributed by atoms with Crippen molar-refractivity contribution in [2.75, 3.05) is 17.7 Å². The topological polar surface area (TPSA) is 98.5 Å². The van der Waals surface area contributed by atoms with E-state index in [0.29, 0.717) is 10.8 Å². The van der Waals surface area contributed by atoms with Gasteiger partial charge in [-0.05, 0) is 23.9 Å². The molecule has 0 fully saturated rings. The van der Waals surface area contributed by atoms with Gasteiger partial charge in [-0.2, -0.15) is 0 Å². The van der Waals surface area contributed by atoms with Crippen molar-refractivity contribution >= 4 is 45.9 Å². The highest BCUT2D eigenvalue weighted by Crippen LogP contribution is 2.22. The molecule has 1 aromatic carbocycles. The van der Waals surface area contributed by atoms with Crippen LogP contribution in [0, 0.1) is 6.92 Å². The number of amides is 2. The van der Waals surface area contributed by atoms with Crippen molar-refractivity contribution in [1.82, 2.24) is 0 Å². The number of carbonyl (C=O) groups is 3. The van der Waals surface area contributed by atoms with Crippen LogP contribution in [0.1, 0.15) is 21.5 Å². The zero-order chi connectivity index (χ0) is 18.2. The van der Waals surface area contributed by atoms with Gasteiger partial charge in [0.1, 0.15) is 5.00 Å². The molecule has 2 amide bonds. The van der Waals surface area contributed by atoms with Gasteiger partial charge in [0, 0.05) is 5.75 Å². The Labute approximate surface area is 153 Å². The Morgan fingerprint density at radius 3 is 2.60 bits per heavy atom. The van der Waals surface area contributed by atoms with Crippen LogP contribution in [0.25, 0.3) is 0 Å². The predicted octanol–water partition coefficient (Wildman–Crippen LogP) is 2.57. The molecule has 1 heterocycles. The number of benzene rings is 1. The molecule has 2 rings (SSSR count). The van der Waals surface area contributed by atoms with Gasteiger partial charge in [-0.25, -0.2) is 0 Å². The van der Waals surface area contributed by atoms with Gasteiger partial charge in [-0.1, -0.05) is 29.8 Å². The third-order valence-electron chi connectivity index (χ3n) is 3.16. The predicted molar refractivity (Wildman–Crippen MR) is 99.8 cm³/mol. The van der Waals surface area contributed by atoms with Gasteiger partial charge >= 0.3 is 5.97 Å². The number of nitrogens with two attached hydrogens (primary N) is 1. The lowest BCUT2D eigenvalue weighted by atomic mass is 10.2. The summed E-state index contributed by atoms with van der Waals surface area (Å²) in [7, 11) is 0. The molecule has 0 aliphatic heterocycles. The van der Waals surface area contributed by atoms with Crippen LogP contribution in [-0.2, 0) is 20.1 Å². The Hall–Kier alpha value is -2.32. The van der Waals surface area contributed by atoms with Crippen LogP contribution < -0.4 is 11.1 Å². The lowest BCUT2D eigenvalue weighted by molar-refractivity contribution is -0.144. The lowest BCUT2D eigenvalue weighted by Crippen LogP contribution is -2.22. The van der Waals surface area contributed by atoms with E-state index in [0.717, 1.165) is 5.56 Å². The summed E-state index contributed by atoms with van der Waals surface area (Å²) in [5, 5.41) is 4.50. The molecule has 0 saturated carbocycles. The molecule has 132 valence electrons. The number of hydrogen-bond donors (Lipinski definition) is 2. The Morgan fingerprint density at radius 2 is 1.92 bits per heavy atom. The number of hydrogen-bond acceptors (Lipinski definition) is 6. The minimum absolute atomic E-state index is 0.159. The number of nitrogens with one attached hydrogen (secondary N) is 1. The van der Waals surface area contributed by atoms with Crippen molar-refractivity contribution in [3.8, 4) is 0 Å². The summed E-state index contributed by atoms with van der Waals surface area (Å²) < 4.78 is 4.93. The van der Waals surface area contributed by atoms with E-state index >= 15 is 0 Å². The molecule has 0 spiro atoms. The van der Waals surface area contributed by atoms with Gasteiger partial charge in [0.25, 0.3) is 11.8 Å². The summed E-state index contributed by atoms with van der Waals surface area (Å²) >= 11 is 2.59. The summed E-state index contributed by atoms with van der Waals surface area (Å²) in [6.45, 7) is 1.61. The minimum atomic E-state index is -0.624. The highest BCUT2D eigenvalue weighted by molar-refractivity contribution is 7.99. The van der Waals surface area contributed by atoms with Gasteiger partial charge in [0.05, 0.1) is 11.3 Å². The third kappa shape index (κ3) is 6.24. The fourth-order valence-corrected chi connectivity index (χ4v) is 3.48. The van der Waals surface area contributed by atoms with Crippen LogP contribution in [0.4, 0.5) is 5.00 Å². The van der Waals surface area contributed by atoms with Crippen molar-refractivity contribution in [2.45, 2.75) is 12.7 Å². The minimum Gasteiger partial charge on any atom is -0.455 e. The largest absolute Gasteiger partial charge is 0.455 e. The van der Waals surface area contributed by atoms with Crippen molar-refractivity contribution in [2.24, 2.45) is 5.73 Å². The van der Waals surface area contributed by atoms with E-state index in [4.69, 9.17) is 10.5 Å². The fraction of sp³-hybridized carbons (Fsp3) is 0.235. The second-order valence-corrected chi connectivity index (χ2v) is 7.12. The first-order valence-electron chi connectivity index (χ1n) is 7.42. The maximum Gasteiger partial charge on any atom is 0.316 e. The van der Waals surface area contributed by atoms with Crippen LogP contribution in [0.5, 0.6) is 0 Å². The van der Waals surface area contributed by atoms with Gasteiger partial charge in [0.2, 0.25) is 0 Å². The number of anilines is 1. The molecular formula is C17H18N2O4S2. The standard InChI is InChI=1S/C17H18N2O4S2/c1-11-2-4-12(5-3-11)9-24-10-15(21)23-8-14(20)19-17-13(16(18)22)6-7-25-17/h2-7H,8-10H2,1H3,(H2,18,22)(H,19,20). The van der Waals surface area contributed by atoms with Gasteiger partial charge in [0.15, 0.2) is 6.61 Å². The van der Waals surface area contributed by atoms with Gasteiger partial charge in [-0.3, -0.25) is 14.4 Å². The van der Waals surface area contributed by atoms with E-state index in [1.54, 1.807) is 5.38 Å². The van der Waals surface area contributed by atoms with Gasteiger partial charge in [-0.15, -0.1) is 23.1 Å². The van der Waals surface area contributed by atoms with Crippen LogP contribution in [-0.4, -0.2) is 30.1 Å². The SMILES string of the molecule is Cc1ccc(CSCC(=O)OCC(=O)Nc2sccc2C(N)=O)cc1. The molecule has 0 aliphatic rings. The molecule has 2 aromatic rings. The third-order valence-corrected chi connectivity index (χ3v) is 4.96. The van der Waals surface area contributed by atoms with E-state index in [-0.39, 0.29) is 11.3 Å². The summed E-state index contributed by atoms with van der Waals surface area (Å²) in [4.78, 5) is 34.6. The Bertz CT molecular complexity index is 756. The van der Waals surface area contributed by atoms with Crippen molar-refractivity contribution in [3.63, 3.8) is 0 Å². The van der Waals surface area contributed by atoms with E-state index in [1.165, 1.54) is 34.7 Å². The van der Waals surface area contributed by atoms with E-state index in [2.05, 4.69) is 5.32 Å². The van der Waals surface area contributed by atoms with E-state index in [1.807, 2.05) is 31.2 Å². The Kier molecular flexibility index (Phi) is 7.03. The summed E-state index contributed by atoms with van der Waals surface area (Å²) in [5.74, 6) is -0.748. The molecule has 6 nitrogen and oxygen atoms in total. The molecule has 3 N–H and O–H groups in total. The maximum absolute atomic E-state index is 11.8. The van der Waals surface area contributed by atoms with Crippen molar-refractivity contribution < 1.29 is 19.1 Å². The molecule has 0 saturated heterocycles. The number of thioether (sulfide) groups is 1. The summed E-state index contributed by atoms with van der Waals surface area (Å²) in [5.41, 5.74) is 7.74. The molecule has 0 unspecified atom stereocenters. The number of esters is 1. The zero-order valence-corrected chi connectivity index (χ0v) is 15.2. The molecular weight excluding hydrogens is 360 g/mol. The summed E-state index contributed by atoms with van der Waals surface area (Å²) in [6.07, 6.45) is 0. The quantitative estimate of drug-likeness (QED) is 0.688. The second kappa shape index (κ2) is 9.24. The first-order chi connectivity index (χ1) is 12.0. The van der Waals surface area contributed by atoms with Crippen LogP contribution in [0.15, 0.2) is 35.7 Å². The molecule has 25 heavy (non-hydrogen) atoms. The molecule has 0 radical (unpaired) electrons. The molecule has 8 heteroatoms. The average Bonchev–Trinajstić information content (AvgIpc) is 3.03. The smallest absolute Gasteiger partial charge is 0.316 e. The Balaban J connectivity index is 1.68. The van der Waals surface area contributed by atoms with Crippen LogP contribution in [0.3, 0.4) is 0 Å². The number of thiophene rings is 1. The van der Waals surface area contributed by atoms with E-state index < -0.39 is 24.4 Å². The number of carbonyl (C=O) groups excluding carboxylic acids is 3. The summed E-state index contributed by atoms with van der Waals surface area (Å²) in [6, 6.07) is 9.58. The number of rotatable bonds is 8. The van der Waals surface area contributed by atoms with Crippen molar-refractivity contribution in [3.05, 3.63) is 52.4 Å². The maximum atomic E-state index is 11.8. The molecule has 0 bridgehead atoms. The fourth-order valence-electron chi connectivity index (χ4n) is 1.89. The average molecular weight is 378 g/mol.